The Kier molecular flexibility index (Phi) is 6.39. The maximum atomic E-state index is 13.1. The maximum Gasteiger partial charge on any atom is 0.338 e. The molecule has 1 aromatic heterocycles. The molecular formula is C21H19ClFNO5. The summed E-state index contributed by atoms with van der Waals surface area (Å²) in [7, 11) is 1.48. The van der Waals surface area contributed by atoms with Crippen molar-refractivity contribution in [3.8, 4) is 11.5 Å². The van der Waals surface area contributed by atoms with Gasteiger partial charge in [0.05, 0.1) is 29.0 Å². The third kappa shape index (κ3) is 4.86. The lowest BCUT2D eigenvalue weighted by atomic mass is 10.2. The molecule has 0 atom stereocenters. The fourth-order valence-corrected chi connectivity index (χ4v) is 2.86. The number of halogens is 2. The fourth-order valence-electron chi connectivity index (χ4n) is 2.64. The molecule has 6 nitrogen and oxygen atoms in total. The Morgan fingerprint density at radius 1 is 1.14 bits per heavy atom. The van der Waals surface area contributed by atoms with E-state index in [0.29, 0.717) is 22.8 Å². The molecule has 2 aromatic carbocycles. The molecule has 0 saturated heterocycles. The van der Waals surface area contributed by atoms with Gasteiger partial charge in [-0.25, -0.2) is 9.18 Å². The first kappa shape index (κ1) is 20.7. The summed E-state index contributed by atoms with van der Waals surface area (Å²) in [6.45, 7) is 3.82. The Labute approximate surface area is 172 Å². The van der Waals surface area contributed by atoms with Crippen LogP contribution in [0.1, 0.15) is 32.9 Å². The number of ether oxygens (including phenoxy) is 3. The zero-order chi connectivity index (χ0) is 21.0. The minimum atomic E-state index is -0.569. The van der Waals surface area contributed by atoms with Gasteiger partial charge in [0.25, 0.3) is 0 Å². The van der Waals surface area contributed by atoms with Crippen LogP contribution < -0.4 is 9.47 Å². The Bertz CT molecular complexity index is 1010. The smallest absolute Gasteiger partial charge is 0.338 e. The SMILES string of the molecule is COc1cc(C(=O)OCc2ccc(F)cc2Cl)ccc1OCc1c(C)noc1C. The van der Waals surface area contributed by atoms with E-state index in [1.807, 2.05) is 13.8 Å². The van der Waals surface area contributed by atoms with Crippen LogP contribution in [0, 0.1) is 19.7 Å². The van der Waals surface area contributed by atoms with Gasteiger partial charge in [0, 0.05) is 5.56 Å². The van der Waals surface area contributed by atoms with Gasteiger partial charge < -0.3 is 18.7 Å². The lowest BCUT2D eigenvalue weighted by Gasteiger charge is -2.12. The number of esters is 1. The summed E-state index contributed by atoms with van der Waals surface area (Å²) in [4.78, 5) is 12.4. The van der Waals surface area contributed by atoms with E-state index in [4.69, 9.17) is 30.3 Å². The summed E-state index contributed by atoms with van der Waals surface area (Å²) in [6.07, 6.45) is 0. The summed E-state index contributed by atoms with van der Waals surface area (Å²) >= 11 is 5.95. The van der Waals surface area contributed by atoms with Gasteiger partial charge in [-0.1, -0.05) is 22.8 Å². The Morgan fingerprint density at radius 2 is 1.93 bits per heavy atom. The number of aromatic nitrogens is 1. The quantitative estimate of drug-likeness (QED) is 0.500. The molecule has 0 radical (unpaired) electrons. The van der Waals surface area contributed by atoms with Crippen molar-refractivity contribution in [2.45, 2.75) is 27.1 Å². The van der Waals surface area contributed by atoms with Crippen LogP contribution in [-0.4, -0.2) is 18.2 Å². The normalized spacial score (nSPS) is 10.7. The van der Waals surface area contributed by atoms with Gasteiger partial charge in [-0.3, -0.25) is 0 Å². The lowest BCUT2D eigenvalue weighted by Crippen LogP contribution is -2.07. The van der Waals surface area contributed by atoms with Gasteiger partial charge in [-0.05, 0) is 44.2 Å². The molecule has 0 aliphatic rings. The van der Waals surface area contributed by atoms with Crippen LogP contribution in [0.4, 0.5) is 4.39 Å². The number of hydrogen-bond acceptors (Lipinski definition) is 6. The molecule has 3 rings (SSSR count). The van der Waals surface area contributed by atoms with E-state index in [0.717, 1.165) is 11.3 Å². The molecule has 1 heterocycles. The number of carbonyl (C=O) groups excluding carboxylic acids is 1. The Morgan fingerprint density at radius 3 is 2.59 bits per heavy atom. The number of benzene rings is 2. The van der Waals surface area contributed by atoms with E-state index in [1.54, 1.807) is 12.1 Å². The molecule has 0 unspecified atom stereocenters. The van der Waals surface area contributed by atoms with E-state index in [2.05, 4.69) is 5.16 Å². The number of rotatable bonds is 7. The van der Waals surface area contributed by atoms with Crippen molar-refractivity contribution in [3.63, 3.8) is 0 Å². The summed E-state index contributed by atoms with van der Waals surface area (Å²) in [5.41, 5.74) is 2.39. The van der Waals surface area contributed by atoms with Gasteiger partial charge in [0.15, 0.2) is 11.5 Å². The highest BCUT2D eigenvalue weighted by atomic mass is 35.5. The number of methoxy groups -OCH3 is 1. The molecule has 0 fully saturated rings. The number of hydrogen-bond donors (Lipinski definition) is 0. The van der Waals surface area contributed by atoms with Crippen LogP contribution in [0.15, 0.2) is 40.9 Å². The second-order valence-corrected chi connectivity index (χ2v) is 6.68. The molecule has 3 aromatic rings. The first-order chi connectivity index (χ1) is 13.9. The molecule has 0 amide bonds. The van der Waals surface area contributed by atoms with E-state index >= 15 is 0 Å². The average molecular weight is 420 g/mol. The van der Waals surface area contributed by atoms with Crippen LogP contribution in [0.2, 0.25) is 5.02 Å². The minimum absolute atomic E-state index is 0.0788. The minimum Gasteiger partial charge on any atom is -0.493 e. The van der Waals surface area contributed by atoms with Gasteiger partial charge >= 0.3 is 5.97 Å². The van der Waals surface area contributed by atoms with Gasteiger partial charge in [-0.15, -0.1) is 0 Å². The van der Waals surface area contributed by atoms with Crippen molar-refractivity contribution in [2.75, 3.05) is 7.11 Å². The van der Waals surface area contributed by atoms with Crippen molar-refractivity contribution in [1.82, 2.24) is 5.16 Å². The highest BCUT2D eigenvalue weighted by Gasteiger charge is 2.15. The summed E-state index contributed by atoms with van der Waals surface area (Å²) in [6, 6.07) is 8.61. The molecular weight excluding hydrogens is 401 g/mol. The molecule has 152 valence electrons. The average Bonchev–Trinajstić information content (AvgIpc) is 3.03. The number of nitrogens with zero attached hydrogens (tertiary/aromatic N) is 1. The largest absolute Gasteiger partial charge is 0.493 e. The lowest BCUT2D eigenvalue weighted by molar-refractivity contribution is 0.0472. The van der Waals surface area contributed by atoms with E-state index in [-0.39, 0.29) is 23.8 Å². The van der Waals surface area contributed by atoms with Crippen molar-refractivity contribution in [3.05, 3.63) is 75.4 Å². The van der Waals surface area contributed by atoms with Crippen molar-refractivity contribution in [1.29, 1.82) is 0 Å². The van der Waals surface area contributed by atoms with Crippen LogP contribution >= 0.6 is 11.6 Å². The molecule has 0 bridgehead atoms. The molecule has 0 aliphatic heterocycles. The molecule has 29 heavy (non-hydrogen) atoms. The second-order valence-electron chi connectivity index (χ2n) is 6.27. The molecule has 0 N–H and O–H groups in total. The zero-order valence-electron chi connectivity index (χ0n) is 16.1. The van der Waals surface area contributed by atoms with Crippen molar-refractivity contribution in [2.24, 2.45) is 0 Å². The monoisotopic (exact) mass is 419 g/mol. The highest BCUT2D eigenvalue weighted by Crippen LogP contribution is 2.30. The van der Waals surface area contributed by atoms with Gasteiger partial charge in [-0.2, -0.15) is 0 Å². The third-order valence-electron chi connectivity index (χ3n) is 4.33. The van der Waals surface area contributed by atoms with E-state index < -0.39 is 11.8 Å². The first-order valence-corrected chi connectivity index (χ1v) is 9.10. The number of aryl methyl sites for hydroxylation is 2. The van der Waals surface area contributed by atoms with E-state index in [1.165, 1.54) is 31.4 Å². The van der Waals surface area contributed by atoms with Crippen LogP contribution in [0.3, 0.4) is 0 Å². The van der Waals surface area contributed by atoms with Crippen LogP contribution in [0.25, 0.3) is 0 Å². The van der Waals surface area contributed by atoms with E-state index in [9.17, 15) is 9.18 Å². The second kappa shape index (κ2) is 8.96. The summed E-state index contributed by atoms with van der Waals surface area (Å²) < 4.78 is 34.6. The third-order valence-corrected chi connectivity index (χ3v) is 4.68. The zero-order valence-corrected chi connectivity index (χ0v) is 16.9. The van der Waals surface area contributed by atoms with Crippen LogP contribution in [0.5, 0.6) is 11.5 Å². The van der Waals surface area contributed by atoms with Crippen molar-refractivity contribution >= 4 is 17.6 Å². The topological polar surface area (TPSA) is 70.8 Å². The molecule has 8 heteroatoms. The summed E-state index contributed by atoms with van der Waals surface area (Å²) in [5, 5.41) is 4.08. The Balaban J connectivity index is 1.68. The maximum absolute atomic E-state index is 13.1. The number of carbonyl (C=O) groups is 1. The first-order valence-electron chi connectivity index (χ1n) is 8.72. The highest BCUT2D eigenvalue weighted by molar-refractivity contribution is 6.31. The predicted molar refractivity (Wildman–Crippen MR) is 104 cm³/mol. The molecule has 0 aliphatic carbocycles. The standard InChI is InChI=1S/C21H19ClFNO5/c1-12-17(13(2)29-24-12)11-27-19-7-5-14(8-20(19)26-3)21(25)28-10-15-4-6-16(23)9-18(15)22/h4-9H,10-11H2,1-3H3. The van der Waals surface area contributed by atoms with Gasteiger partial charge in [0.2, 0.25) is 0 Å². The predicted octanol–water partition coefficient (Wildman–Crippen LogP) is 5.03. The molecule has 0 spiro atoms. The van der Waals surface area contributed by atoms with Crippen molar-refractivity contribution < 1.29 is 27.9 Å². The Hall–Kier alpha value is -3.06. The summed E-state index contributed by atoms with van der Waals surface area (Å²) in [5.74, 6) is 0.501. The molecule has 0 saturated carbocycles. The van der Waals surface area contributed by atoms with Crippen LogP contribution in [-0.2, 0) is 18.0 Å². The fraction of sp³-hybridized carbons (Fsp3) is 0.238. The van der Waals surface area contributed by atoms with Gasteiger partial charge in [0.1, 0.15) is 24.8 Å².